The summed E-state index contributed by atoms with van der Waals surface area (Å²) in [6, 6.07) is 2.16. The molecule has 0 aliphatic carbocycles. The van der Waals surface area contributed by atoms with E-state index >= 15 is 0 Å². The van der Waals surface area contributed by atoms with E-state index in [4.69, 9.17) is 4.74 Å². The number of nitro groups is 1. The Morgan fingerprint density at radius 3 is 2.80 bits per heavy atom. The molecule has 20 heavy (non-hydrogen) atoms. The Kier molecular flexibility index (Phi) is 5.27. The van der Waals surface area contributed by atoms with Crippen LogP contribution < -0.4 is 10.1 Å². The molecule has 0 saturated carbocycles. The Balaban J connectivity index is 1.97. The van der Waals surface area contributed by atoms with Gasteiger partial charge in [0.2, 0.25) is 0 Å². The molecule has 1 saturated heterocycles. The molecule has 2 rings (SSSR count). The van der Waals surface area contributed by atoms with E-state index in [-0.39, 0.29) is 15.9 Å². The quantitative estimate of drug-likeness (QED) is 0.649. The van der Waals surface area contributed by atoms with E-state index < -0.39 is 10.7 Å². The molecule has 1 aliphatic rings. The van der Waals surface area contributed by atoms with Crippen molar-refractivity contribution < 1.29 is 14.1 Å². The number of benzene rings is 1. The van der Waals surface area contributed by atoms with Crippen LogP contribution in [0.3, 0.4) is 0 Å². The van der Waals surface area contributed by atoms with E-state index in [0.717, 1.165) is 38.3 Å². The van der Waals surface area contributed by atoms with Crippen molar-refractivity contribution in [1.29, 1.82) is 0 Å². The predicted octanol–water partition coefficient (Wildman–Crippen LogP) is 1.78. The second-order valence-electron chi connectivity index (χ2n) is 4.43. The van der Waals surface area contributed by atoms with Crippen LogP contribution in [0.1, 0.15) is 0 Å². The van der Waals surface area contributed by atoms with E-state index in [1.807, 2.05) is 0 Å². The zero-order valence-electron chi connectivity index (χ0n) is 10.8. The molecule has 1 aliphatic heterocycles. The van der Waals surface area contributed by atoms with E-state index in [1.54, 1.807) is 0 Å². The second kappa shape index (κ2) is 6.96. The molecule has 0 unspecified atom stereocenters. The highest BCUT2D eigenvalue weighted by Crippen LogP contribution is 2.32. The van der Waals surface area contributed by atoms with Gasteiger partial charge in [-0.15, -0.1) is 0 Å². The summed E-state index contributed by atoms with van der Waals surface area (Å²) in [4.78, 5) is 12.5. The lowest BCUT2D eigenvalue weighted by atomic mass is 10.3. The molecule has 1 aromatic carbocycles. The zero-order valence-corrected chi connectivity index (χ0v) is 12.4. The maximum absolute atomic E-state index is 13.4. The second-order valence-corrected chi connectivity index (χ2v) is 5.29. The lowest BCUT2D eigenvalue weighted by molar-refractivity contribution is -0.386. The smallest absolute Gasteiger partial charge is 0.312 e. The van der Waals surface area contributed by atoms with Gasteiger partial charge >= 0.3 is 5.69 Å². The number of ether oxygens (including phenoxy) is 1. The molecule has 110 valence electrons. The van der Waals surface area contributed by atoms with E-state index in [1.165, 1.54) is 0 Å². The Morgan fingerprint density at radius 1 is 1.45 bits per heavy atom. The first kappa shape index (κ1) is 15.1. The normalized spacial score (nSPS) is 16.1. The molecule has 8 heteroatoms. The Bertz CT molecular complexity index is 495. The molecule has 6 nitrogen and oxygen atoms in total. The molecular formula is C12H15BrFN3O3. The van der Waals surface area contributed by atoms with Crippen LogP contribution in [0.25, 0.3) is 0 Å². The van der Waals surface area contributed by atoms with Crippen LogP contribution in [-0.4, -0.2) is 49.2 Å². The topological polar surface area (TPSA) is 67.6 Å². The number of nitro benzene ring substituents is 1. The van der Waals surface area contributed by atoms with Gasteiger partial charge in [0.05, 0.1) is 9.40 Å². The third-order valence-electron chi connectivity index (χ3n) is 3.07. The van der Waals surface area contributed by atoms with E-state index in [0.29, 0.717) is 13.2 Å². The number of nitrogens with zero attached hydrogens (tertiary/aromatic N) is 2. The number of piperazine rings is 1. The summed E-state index contributed by atoms with van der Waals surface area (Å²) >= 11 is 2.93. The first-order chi connectivity index (χ1) is 9.58. The van der Waals surface area contributed by atoms with Crippen molar-refractivity contribution >= 4 is 21.6 Å². The third kappa shape index (κ3) is 3.87. The number of nitrogens with one attached hydrogen (secondary N) is 1. The number of halogens is 2. The average molecular weight is 348 g/mol. The van der Waals surface area contributed by atoms with Gasteiger partial charge in [0.25, 0.3) is 0 Å². The summed E-state index contributed by atoms with van der Waals surface area (Å²) in [5, 5.41) is 14.1. The molecule has 0 atom stereocenters. The zero-order chi connectivity index (χ0) is 14.5. The predicted molar refractivity (Wildman–Crippen MR) is 75.6 cm³/mol. The maximum atomic E-state index is 13.4. The van der Waals surface area contributed by atoms with Crippen LogP contribution in [-0.2, 0) is 0 Å². The molecule has 0 aromatic heterocycles. The van der Waals surface area contributed by atoms with Crippen LogP contribution in [0.2, 0.25) is 0 Å². The van der Waals surface area contributed by atoms with Gasteiger partial charge in [-0.05, 0) is 15.9 Å². The summed E-state index contributed by atoms with van der Waals surface area (Å²) in [6.07, 6.45) is 0. The Labute approximate surface area is 124 Å². The van der Waals surface area contributed by atoms with Gasteiger partial charge in [0.15, 0.2) is 5.75 Å². The van der Waals surface area contributed by atoms with Gasteiger partial charge in [-0.1, -0.05) is 0 Å². The minimum absolute atomic E-state index is 0.0363. The summed E-state index contributed by atoms with van der Waals surface area (Å²) in [5.74, 6) is -0.612. The maximum Gasteiger partial charge on any atom is 0.312 e. The summed E-state index contributed by atoms with van der Waals surface area (Å²) in [5.41, 5.74) is -0.237. The molecule has 0 spiro atoms. The summed E-state index contributed by atoms with van der Waals surface area (Å²) in [7, 11) is 0. The SMILES string of the molecule is O=[N+]([O-])c1cc(Br)c(F)cc1OCCN1CCNCC1. The molecule has 0 amide bonds. The molecule has 1 heterocycles. The van der Waals surface area contributed by atoms with Crippen LogP contribution in [0.5, 0.6) is 5.75 Å². The molecule has 0 radical (unpaired) electrons. The van der Waals surface area contributed by atoms with Crippen molar-refractivity contribution in [2.75, 3.05) is 39.3 Å². The highest BCUT2D eigenvalue weighted by Gasteiger charge is 2.19. The largest absolute Gasteiger partial charge is 0.485 e. The minimum atomic E-state index is -0.579. The lowest BCUT2D eigenvalue weighted by Gasteiger charge is -2.26. The van der Waals surface area contributed by atoms with Crippen molar-refractivity contribution in [2.45, 2.75) is 0 Å². The van der Waals surface area contributed by atoms with Crippen molar-refractivity contribution in [2.24, 2.45) is 0 Å². The fourth-order valence-electron chi connectivity index (χ4n) is 2.00. The lowest BCUT2D eigenvalue weighted by Crippen LogP contribution is -2.44. The van der Waals surface area contributed by atoms with Crippen LogP contribution >= 0.6 is 15.9 Å². The van der Waals surface area contributed by atoms with Gasteiger partial charge in [-0.25, -0.2) is 4.39 Å². The van der Waals surface area contributed by atoms with Crippen molar-refractivity contribution in [3.63, 3.8) is 0 Å². The van der Waals surface area contributed by atoms with Gasteiger partial charge in [0, 0.05) is 44.9 Å². The molecule has 0 bridgehead atoms. The standard InChI is InChI=1S/C12H15BrFN3O3/c13-9-7-11(17(18)19)12(8-10(9)14)20-6-5-16-3-1-15-2-4-16/h7-8,15H,1-6H2. The fraction of sp³-hybridized carbons (Fsp3) is 0.500. The van der Waals surface area contributed by atoms with Gasteiger partial charge in [-0.3, -0.25) is 15.0 Å². The monoisotopic (exact) mass is 347 g/mol. The summed E-state index contributed by atoms with van der Waals surface area (Å²) < 4.78 is 18.9. The Hall–Kier alpha value is -1.25. The van der Waals surface area contributed by atoms with Gasteiger partial charge < -0.3 is 10.1 Å². The number of rotatable bonds is 5. The third-order valence-corrected chi connectivity index (χ3v) is 3.68. The highest BCUT2D eigenvalue weighted by atomic mass is 79.9. The highest BCUT2D eigenvalue weighted by molar-refractivity contribution is 9.10. The van der Waals surface area contributed by atoms with E-state index in [9.17, 15) is 14.5 Å². The molecule has 1 N–H and O–H groups in total. The van der Waals surface area contributed by atoms with Crippen LogP contribution in [0.15, 0.2) is 16.6 Å². The first-order valence-corrected chi connectivity index (χ1v) is 7.06. The Morgan fingerprint density at radius 2 is 2.15 bits per heavy atom. The van der Waals surface area contributed by atoms with Gasteiger partial charge in [0.1, 0.15) is 12.4 Å². The average Bonchev–Trinajstić information content (AvgIpc) is 2.43. The fourth-order valence-corrected chi connectivity index (χ4v) is 2.33. The molecule has 1 aromatic rings. The van der Waals surface area contributed by atoms with Crippen LogP contribution in [0, 0.1) is 15.9 Å². The van der Waals surface area contributed by atoms with Gasteiger partial charge in [-0.2, -0.15) is 0 Å². The van der Waals surface area contributed by atoms with Crippen molar-refractivity contribution in [1.82, 2.24) is 10.2 Å². The van der Waals surface area contributed by atoms with Crippen LogP contribution in [0.4, 0.5) is 10.1 Å². The first-order valence-electron chi connectivity index (χ1n) is 6.27. The van der Waals surface area contributed by atoms with Crippen molar-refractivity contribution in [3.05, 3.63) is 32.5 Å². The molecular weight excluding hydrogens is 333 g/mol. The minimum Gasteiger partial charge on any atom is -0.485 e. The number of hydrogen-bond acceptors (Lipinski definition) is 5. The van der Waals surface area contributed by atoms with Crippen molar-refractivity contribution in [3.8, 4) is 5.75 Å². The summed E-state index contributed by atoms with van der Waals surface area (Å²) in [6.45, 7) is 4.64. The number of hydrogen-bond donors (Lipinski definition) is 1. The molecule has 1 fully saturated rings. The van der Waals surface area contributed by atoms with E-state index in [2.05, 4.69) is 26.1 Å².